The number of carbonyl (C=O) groups is 1. The molecule has 0 unspecified atom stereocenters. The third-order valence-corrected chi connectivity index (χ3v) is 3.57. The van der Waals surface area contributed by atoms with Crippen molar-refractivity contribution in [3.63, 3.8) is 0 Å². The van der Waals surface area contributed by atoms with Crippen molar-refractivity contribution in [1.82, 2.24) is 10.3 Å². The Labute approximate surface area is 101 Å². The molecular formula is C13H17N3O. The number of nitrogens with zero attached hydrogens (tertiary/aromatic N) is 1. The van der Waals surface area contributed by atoms with Gasteiger partial charge >= 0.3 is 0 Å². The molecule has 1 aromatic heterocycles. The Morgan fingerprint density at radius 3 is 2.53 bits per heavy atom. The van der Waals surface area contributed by atoms with Crippen LogP contribution in [0.3, 0.4) is 0 Å². The van der Waals surface area contributed by atoms with Gasteiger partial charge in [0.05, 0.1) is 0 Å². The molecular weight excluding hydrogens is 214 g/mol. The Morgan fingerprint density at radius 1 is 1.35 bits per heavy atom. The lowest BCUT2D eigenvalue weighted by molar-refractivity contribution is 0.0921. The predicted octanol–water partition coefficient (Wildman–Crippen LogP) is 1.58. The summed E-state index contributed by atoms with van der Waals surface area (Å²) in [7, 11) is 0. The summed E-state index contributed by atoms with van der Waals surface area (Å²) in [5.41, 5.74) is 6.66. The number of nitrogen functional groups attached to an aromatic ring is 1. The van der Waals surface area contributed by atoms with E-state index < -0.39 is 0 Å². The van der Waals surface area contributed by atoms with Crippen LogP contribution in [0, 0.1) is 11.8 Å². The van der Waals surface area contributed by atoms with Crippen molar-refractivity contribution in [3.8, 4) is 0 Å². The molecule has 0 aromatic carbocycles. The Kier molecular flexibility index (Phi) is 2.50. The molecule has 2 saturated carbocycles. The van der Waals surface area contributed by atoms with E-state index in [0.29, 0.717) is 29.3 Å². The Morgan fingerprint density at radius 2 is 2.00 bits per heavy atom. The van der Waals surface area contributed by atoms with Crippen molar-refractivity contribution in [2.24, 2.45) is 11.8 Å². The van der Waals surface area contributed by atoms with Gasteiger partial charge in [-0.05, 0) is 49.7 Å². The molecule has 1 heterocycles. The van der Waals surface area contributed by atoms with Crippen molar-refractivity contribution in [2.45, 2.75) is 31.7 Å². The van der Waals surface area contributed by atoms with Gasteiger partial charge in [0, 0.05) is 17.9 Å². The normalized spacial score (nSPS) is 19.4. The first-order valence-electron chi connectivity index (χ1n) is 6.26. The zero-order valence-electron chi connectivity index (χ0n) is 9.73. The van der Waals surface area contributed by atoms with Gasteiger partial charge < -0.3 is 11.1 Å². The summed E-state index contributed by atoms with van der Waals surface area (Å²) in [6, 6.07) is 3.69. The van der Waals surface area contributed by atoms with Crippen LogP contribution in [0.15, 0.2) is 18.3 Å². The number of amides is 1. The molecule has 3 N–H and O–H groups in total. The maximum Gasteiger partial charge on any atom is 0.270 e. The number of rotatable bonds is 4. The Bertz CT molecular complexity index is 426. The molecule has 17 heavy (non-hydrogen) atoms. The lowest BCUT2D eigenvalue weighted by Crippen LogP contribution is -2.38. The molecule has 1 amide bonds. The number of nitrogens with one attached hydrogen (secondary N) is 1. The van der Waals surface area contributed by atoms with E-state index in [1.807, 2.05) is 0 Å². The summed E-state index contributed by atoms with van der Waals surface area (Å²) in [5, 5.41) is 3.13. The number of hydrogen-bond acceptors (Lipinski definition) is 3. The van der Waals surface area contributed by atoms with E-state index in [-0.39, 0.29) is 5.91 Å². The first-order chi connectivity index (χ1) is 8.24. The number of hydrogen-bond donors (Lipinski definition) is 2. The molecule has 0 atom stereocenters. The van der Waals surface area contributed by atoms with E-state index in [4.69, 9.17) is 5.73 Å². The summed E-state index contributed by atoms with van der Waals surface area (Å²) in [6.45, 7) is 0. The highest BCUT2D eigenvalue weighted by molar-refractivity contribution is 5.93. The van der Waals surface area contributed by atoms with Crippen molar-refractivity contribution in [3.05, 3.63) is 24.0 Å². The molecule has 0 spiro atoms. The molecule has 2 aliphatic carbocycles. The van der Waals surface area contributed by atoms with Crippen molar-refractivity contribution in [2.75, 3.05) is 5.73 Å². The Balaban J connectivity index is 1.69. The van der Waals surface area contributed by atoms with Gasteiger partial charge in [-0.15, -0.1) is 0 Å². The number of anilines is 1. The van der Waals surface area contributed by atoms with Gasteiger partial charge in [0.2, 0.25) is 0 Å². The topological polar surface area (TPSA) is 68.0 Å². The van der Waals surface area contributed by atoms with Gasteiger partial charge in [-0.3, -0.25) is 9.78 Å². The lowest BCUT2D eigenvalue weighted by Gasteiger charge is -2.17. The maximum atomic E-state index is 12.0. The third-order valence-electron chi connectivity index (χ3n) is 3.57. The van der Waals surface area contributed by atoms with Gasteiger partial charge in [0.15, 0.2) is 0 Å². The number of pyridine rings is 1. The summed E-state index contributed by atoms with van der Waals surface area (Å²) in [6.07, 6.45) is 6.60. The van der Waals surface area contributed by atoms with Crippen LogP contribution in [0.25, 0.3) is 0 Å². The van der Waals surface area contributed by atoms with E-state index in [0.717, 1.165) is 0 Å². The highest BCUT2D eigenvalue weighted by Crippen LogP contribution is 2.44. The quantitative estimate of drug-likeness (QED) is 0.826. The minimum atomic E-state index is -0.0823. The molecule has 0 bridgehead atoms. The van der Waals surface area contributed by atoms with Crippen molar-refractivity contribution in [1.29, 1.82) is 0 Å². The fourth-order valence-corrected chi connectivity index (χ4v) is 2.33. The molecule has 4 nitrogen and oxygen atoms in total. The first kappa shape index (κ1) is 10.6. The maximum absolute atomic E-state index is 12.0. The number of aromatic nitrogens is 1. The van der Waals surface area contributed by atoms with Gasteiger partial charge in [-0.1, -0.05) is 0 Å². The monoisotopic (exact) mass is 231 g/mol. The van der Waals surface area contributed by atoms with E-state index in [1.165, 1.54) is 25.7 Å². The van der Waals surface area contributed by atoms with Crippen LogP contribution in [0.4, 0.5) is 5.69 Å². The second-order valence-electron chi connectivity index (χ2n) is 5.15. The van der Waals surface area contributed by atoms with Crippen LogP contribution >= 0.6 is 0 Å². The number of nitrogens with two attached hydrogens (primary N) is 1. The van der Waals surface area contributed by atoms with Crippen molar-refractivity contribution >= 4 is 11.6 Å². The second kappa shape index (κ2) is 4.02. The molecule has 90 valence electrons. The minimum absolute atomic E-state index is 0.0823. The molecule has 0 aliphatic heterocycles. The molecule has 2 aliphatic rings. The van der Waals surface area contributed by atoms with Gasteiger partial charge in [0.1, 0.15) is 5.69 Å². The van der Waals surface area contributed by atoms with Gasteiger partial charge in [-0.25, -0.2) is 0 Å². The van der Waals surface area contributed by atoms with Crippen LogP contribution in [-0.2, 0) is 0 Å². The SMILES string of the molecule is Nc1ccnc(C(=O)NC(C2CC2)C2CC2)c1. The summed E-state index contributed by atoms with van der Waals surface area (Å²) < 4.78 is 0. The Hall–Kier alpha value is -1.58. The average Bonchev–Trinajstić information content (AvgIpc) is 3.16. The van der Waals surface area contributed by atoms with Crippen LogP contribution in [0.5, 0.6) is 0 Å². The second-order valence-corrected chi connectivity index (χ2v) is 5.15. The van der Waals surface area contributed by atoms with Crippen LogP contribution in [0.1, 0.15) is 36.2 Å². The molecule has 2 fully saturated rings. The lowest BCUT2D eigenvalue weighted by atomic mass is 10.1. The highest BCUT2D eigenvalue weighted by Gasteiger charge is 2.42. The van der Waals surface area contributed by atoms with Crippen LogP contribution in [0.2, 0.25) is 0 Å². The predicted molar refractivity (Wildman–Crippen MR) is 65.4 cm³/mol. The average molecular weight is 231 g/mol. The van der Waals surface area contributed by atoms with Crippen LogP contribution in [-0.4, -0.2) is 16.9 Å². The van der Waals surface area contributed by atoms with E-state index in [1.54, 1.807) is 18.3 Å². The van der Waals surface area contributed by atoms with Crippen LogP contribution < -0.4 is 11.1 Å². The summed E-state index contributed by atoms with van der Waals surface area (Å²) >= 11 is 0. The van der Waals surface area contributed by atoms with Gasteiger partial charge in [0.25, 0.3) is 5.91 Å². The van der Waals surface area contributed by atoms with E-state index in [9.17, 15) is 4.79 Å². The van der Waals surface area contributed by atoms with E-state index >= 15 is 0 Å². The smallest absolute Gasteiger partial charge is 0.270 e. The fourth-order valence-electron chi connectivity index (χ4n) is 2.33. The fraction of sp³-hybridized carbons (Fsp3) is 0.538. The number of carbonyl (C=O) groups excluding carboxylic acids is 1. The molecule has 4 heteroatoms. The van der Waals surface area contributed by atoms with Gasteiger partial charge in [-0.2, -0.15) is 0 Å². The zero-order chi connectivity index (χ0) is 11.8. The standard InChI is InChI=1S/C13H17N3O/c14-10-5-6-15-11(7-10)13(17)16-12(8-1-2-8)9-3-4-9/h5-9,12H,1-4H2,(H2,14,15)(H,16,17). The first-order valence-corrected chi connectivity index (χ1v) is 6.26. The third kappa shape index (κ3) is 2.40. The molecule has 1 aromatic rings. The molecule has 3 rings (SSSR count). The summed E-state index contributed by atoms with van der Waals surface area (Å²) in [4.78, 5) is 16.1. The largest absolute Gasteiger partial charge is 0.399 e. The van der Waals surface area contributed by atoms with E-state index in [2.05, 4.69) is 10.3 Å². The minimum Gasteiger partial charge on any atom is -0.399 e. The molecule has 0 saturated heterocycles. The highest BCUT2D eigenvalue weighted by atomic mass is 16.1. The zero-order valence-corrected chi connectivity index (χ0v) is 9.73. The molecule has 0 radical (unpaired) electrons. The van der Waals surface area contributed by atoms with Crippen molar-refractivity contribution < 1.29 is 4.79 Å². The summed E-state index contributed by atoms with van der Waals surface area (Å²) in [5.74, 6) is 1.32.